The van der Waals surface area contributed by atoms with Gasteiger partial charge in [0.05, 0.1) is 35.0 Å². The zero-order valence-corrected chi connectivity index (χ0v) is 14.2. The van der Waals surface area contributed by atoms with E-state index in [2.05, 4.69) is 21.4 Å². The van der Waals surface area contributed by atoms with Crippen LogP contribution < -0.4 is 10.2 Å². The zero-order valence-electron chi connectivity index (χ0n) is 14.2. The molecule has 2 heterocycles. The third-order valence-corrected chi connectivity index (χ3v) is 3.56. The van der Waals surface area contributed by atoms with Gasteiger partial charge in [-0.3, -0.25) is 5.32 Å². The maximum absolute atomic E-state index is 12.1. The second-order valence-corrected chi connectivity index (χ2v) is 6.85. The molecule has 23 heavy (non-hydrogen) atoms. The number of aryl methyl sites for hydroxylation is 1. The summed E-state index contributed by atoms with van der Waals surface area (Å²) in [6.45, 7) is 8.25. The van der Waals surface area contributed by atoms with E-state index in [9.17, 15) is 4.79 Å². The number of carbonyl (C=O) groups excluding carboxylic acids is 1. The molecular formula is C17H22N4O2. The van der Waals surface area contributed by atoms with Crippen molar-refractivity contribution in [1.82, 2.24) is 9.78 Å². The lowest BCUT2D eigenvalue weighted by Crippen LogP contribution is -2.30. The van der Waals surface area contributed by atoms with E-state index in [0.717, 1.165) is 35.0 Å². The minimum absolute atomic E-state index is 0.457. The average Bonchev–Trinajstić information content (AvgIpc) is 2.77. The summed E-state index contributed by atoms with van der Waals surface area (Å²) in [5.74, 6) is 0. The molecule has 3 rings (SSSR count). The van der Waals surface area contributed by atoms with Gasteiger partial charge in [-0.2, -0.15) is 5.10 Å². The molecule has 1 aliphatic rings. The lowest BCUT2D eigenvalue weighted by Gasteiger charge is -2.30. The highest BCUT2D eigenvalue weighted by Crippen LogP contribution is 2.37. The fourth-order valence-electron chi connectivity index (χ4n) is 2.81. The minimum Gasteiger partial charge on any atom is -0.444 e. The molecule has 2 aromatic rings. The number of hydrogen-bond donors (Lipinski definition) is 1. The lowest BCUT2D eigenvalue weighted by atomic mass is 10.1. The number of aromatic nitrogens is 2. The molecule has 0 radical (unpaired) electrons. The summed E-state index contributed by atoms with van der Waals surface area (Å²) < 4.78 is 7.29. The van der Waals surface area contributed by atoms with Gasteiger partial charge in [-0.1, -0.05) is 6.07 Å². The number of anilines is 2. The van der Waals surface area contributed by atoms with Gasteiger partial charge in [-0.25, -0.2) is 9.48 Å². The predicted octanol–water partition coefficient (Wildman–Crippen LogP) is 3.48. The molecule has 122 valence electrons. The molecule has 0 saturated heterocycles. The quantitative estimate of drug-likeness (QED) is 0.875. The van der Waals surface area contributed by atoms with Crippen molar-refractivity contribution in [3.8, 4) is 5.69 Å². The Kier molecular flexibility index (Phi) is 3.55. The molecule has 0 atom stereocenters. The number of para-hydroxylation sites is 1. The molecule has 1 aromatic carbocycles. The Balaban J connectivity index is 1.98. The van der Waals surface area contributed by atoms with Crippen molar-refractivity contribution in [2.24, 2.45) is 0 Å². The van der Waals surface area contributed by atoms with E-state index < -0.39 is 11.7 Å². The minimum atomic E-state index is -0.531. The summed E-state index contributed by atoms with van der Waals surface area (Å²) >= 11 is 0. The molecule has 1 aromatic heterocycles. The molecule has 6 heteroatoms. The van der Waals surface area contributed by atoms with Crippen LogP contribution in [0.15, 0.2) is 24.3 Å². The average molecular weight is 314 g/mol. The Bertz CT molecular complexity index is 758. The van der Waals surface area contributed by atoms with Crippen LogP contribution in [0.2, 0.25) is 0 Å². The van der Waals surface area contributed by atoms with Crippen LogP contribution in [0, 0.1) is 6.92 Å². The van der Waals surface area contributed by atoms with Crippen molar-refractivity contribution < 1.29 is 9.53 Å². The van der Waals surface area contributed by atoms with Crippen LogP contribution in [0.3, 0.4) is 0 Å². The monoisotopic (exact) mass is 314 g/mol. The summed E-state index contributed by atoms with van der Waals surface area (Å²) in [6, 6.07) is 7.86. The van der Waals surface area contributed by atoms with E-state index in [1.165, 1.54) is 0 Å². The number of benzene rings is 1. The molecular weight excluding hydrogens is 292 g/mol. The molecule has 0 unspecified atom stereocenters. The smallest absolute Gasteiger partial charge is 0.412 e. The second-order valence-electron chi connectivity index (χ2n) is 6.85. The first-order chi connectivity index (χ1) is 10.7. The van der Waals surface area contributed by atoms with Gasteiger partial charge in [0.2, 0.25) is 0 Å². The largest absolute Gasteiger partial charge is 0.444 e. The van der Waals surface area contributed by atoms with Crippen LogP contribution in [0.5, 0.6) is 0 Å². The normalized spacial score (nSPS) is 13.3. The van der Waals surface area contributed by atoms with E-state index in [1.807, 2.05) is 57.6 Å². The van der Waals surface area contributed by atoms with Crippen LogP contribution in [0.1, 0.15) is 32.2 Å². The second kappa shape index (κ2) is 5.30. The number of carbonyl (C=O) groups is 1. The Morgan fingerprint density at radius 2 is 2.09 bits per heavy atom. The summed E-state index contributed by atoms with van der Waals surface area (Å²) in [5.41, 5.74) is 4.19. The first kappa shape index (κ1) is 15.4. The molecule has 1 amide bonds. The number of fused-ring (bicyclic) bond motifs is 3. The van der Waals surface area contributed by atoms with Gasteiger partial charge in [-0.05, 0) is 45.9 Å². The van der Waals surface area contributed by atoms with Crippen LogP contribution in [0.4, 0.5) is 16.2 Å². The van der Waals surface area contributed by atoms with Gasteiger partial charge in [-0.15, -0.1) is 0 Å². The number of nitrogens with zero attached hydrogens (tertiary/aromatic N) is 3. The number of nitrogens with one attached hydrogen (secondary N) is 1. The number of rotatable bonds is 1. The SMILES string of the molecule is Cc1cc2n(n1)-c1cccc(NC(=O)OC(C)(C)C)c1N(C)C2. The van der Waals surface area contributed by atoms with Crippen molar-refractivity contribution in [1.29, 1.82) is 0 Å². The van der Waals surface area contributed by atoms with E-state index in [0.29, 0.717) is 0 Å². The van der Waals surface area contributed by atoms with Crippen molar-refractivity contribution in [2.75, 3.05) is 17.3 Å². The van der Waals surface area contributed by atoms with Crippen molar-refractivity contribution in [3.63, 3.8) is 0 Å². The van der Waals surface area contributed by atoms with E-state index in [1.54, 1.807) is 0 Å². The Morgan fingerprint density at radius 3 is 2.78 bits per heavy atom. The van der Waals surface area contributed by atoms with Gasteiger partial charge in [0.25, 0.3) is 0 Å². The highest BCUT2D eigenvalue weighted by atomic mass is 16.6. The maximum atomic E-state index is 12.1. The van der Waals surface area contributed by atoms with Gasteiger partial charge in [0.1, 0.15) is 5.60 Å². The summed E-state index contributed by atoms with van der Waals surface area (Å²) in [6.07, 6.45) is -0.457. The van der Waals surface area contributed by atoms with Gasteiger partial charge in [0.15, 0.2) is 0 Å². The van der Waals surface area contributed by atoms with E-state index >= 15 is 0 Å². The van der Waals surface area contributed by atoms with Crippen LogP contribution in [-0.4, -0.2) is 28.5 Å². The van der Waals surface area contributed by atoms with Crippen LogP contribution >= 0.6 is 0 Å². The Labute approximate surface area is 136 Å². The molecule has 0 aliphatic carbocycles. The fraction of sp³-hybridized carbons (Fsp3) is 0.412. The molecule has 6 nitrogen and oxygen atoms in total. The van der Waals surface area contributed by atoms with Gasteiger partial charge in [0, 0.05) is 7.05 Å². The zero-order chi connectivity index (χ0) is 16.8. The fourth-order valence-corrected chi connectivity index (χ4v) is 2.81. The number of amides is 1. The highest BCUT2D eigenvalue weighted by Gasteiger charge is 2.25. The molecule has 1 N–H and O–H groups in total. The molecule has 0 bridgehead atoms. The van der Waals surface area contributed by atoms with Gasteiger partial charge < -0.3 is 9.64 Å². The van der Waals surface area contributed by atoms with Gasteiger partial charge >= 0.3 is 6.09 Å². The molecule has 0 saturated carbocycles. The molecule has 0 spiro atoms. The molecule has 1 aliphatic heterocycles. The summed E-state index contributed by atoms with van der Waals surface area (Å²) in [7, 11) is 2.00. The lowest BCUT2D eigenvalue weighted by molar-refractivity contribution is 0.0636. The number of ether oxygens (including phenoxy) is 1. The third-order valence-electron chi connectivity index (χ3n) is 3.56. The Morgan fingerprint density at radius 1 is 1.35 bits per heavy atom. The summed E-state index contributed by atoms with van der Waals surface area (Å²) in [4.78, 5) is 14.2. The van der Waals surface area contributed by atoms with Crippen LogP contribution in [-0.2, 0) is 11.3 Å². The first-order valence-electron chi connectivity index (χ1n) is 7.65. The summed E-state index contributed by atoms with van der Waals surface area (Å²) in [5, 5.41) is 7.40. The topological polar surface area (TPSA) is 59.4 Å². The van der Waals surface area contributed by atoms with Crippen molar-refractivity contribution in [2.45, 2.75) is 39.8 Å². The standard InChI is InChI=1S/C17H22N4O2/c1-11-9-12-10-20(5)15-13(18-16(22)23-17(2,3)4)7-6-8-14(15)21(12)19-11/h6-9H,10H2,1-5H3,(H,18,22). The number of hydrogen-bond acceptors (Lipinski definition) is 4. The predicted molar refractivity (Wildman–Crippen MR) is 90.3 cm³/mol. The van der Waals surface area contributed by atoms with Crippen molar-refractivity contribution >= 4 is 17.5 Å². The van der Waals surface area contributed by atoms with E-state index in [-0.39, 0.29) is 0 Å². The highest BCUT2D eigenvalue weighted by molar-refractivity contribution is 5.92. The Hall–Kier alpha value is -2.50. The van der Waals surface area contributed by atoms with Crippen LogP contribution in [0.25, 0.3) is 5.69 Å². The maximum Gasteiger partial charge on any atom is 0.412 e. The molecule has 0 fully saturated rings. The van der Waals surface area contributed by atoms with E-state index in [4.69, 9.17) is 4.74 Å². The van der Waals surface area contributed by atoms with Crippen molar-refractivity contribution in [3.05, 3.63) is 35.7 Å². The first-order valence-corrected chi connectivity index (χ1v) is 7.65. The third kappa shape index (κ3) is 3.02.